The molecule has 2 rings (SSSR count). The first-order valence-electron chi connectivity index (χ1n) is 7.54. The second-order valence-electron chi connectivity index (χ2n) is 5.41. The van der Waals surface area contributed by atoms with Gasteiger partial charge in [0.25, 0.3) is 0 Å². The number of rotatable bonds is 6. The van der Waals surface area contributed by atoms with Crippen LogP contribution in [-0.2, 0) is 22.7 Å². The van der Waals surface area contributed by atoms with E-state index in [1.807, 2.05) is 18.2 Å². The maximum absolute atomic E-state index is 12.0. The molecule has 5 heteroatoms. The molecule has 1 heterocycles. The molecule has 1 aliphatic heterocycles. The second kappa shape index (κ2) is 8.77. The lowest BCUT2D eigenvalue weighted by atomic mass is 10.1. The van der Waals surface area contributed by atoms with E-state index >= 15 is 0 Å². The summed E-state index contributed by atoms with van der Waals surface area (Å²) < 4.78 is 5.12. The number of hydrogen-bond donors (Lipinski definition) is 2. The molecule has 21 heavy (non-hydrogen) atoms. The lowest BCUT2D eigenvalue weighted by Crippen LogP contribution is -2.38. The quantitative estimate of drug-likeness (QED) is 0.812. The number of nitrogens with one attached hydrogen (secondary N) is 2. The molecule has 0 saturated carbocycles. The number of methoxy groups -OCH3 is 1. The molecule has 0 spiro atoms. The van der Waals surface area contributed by atoms with E-state index in [1.165, 1.54) is 0 Å². The number of carbonyl (C=O) groups is 1. The van der Waals surface area contributed by atoms with Gasteiger partial charge < -0.3 is 15.4 Å². The Morgan fingerprint density at radius 3 is 3.05 bits per heavy atom. The monoisotopic (exact) mass is 291 g/mol. The van der Waals surface area contributed by atoms with Crippen LogP contribution in [0.15, 0.2) is 24.3 Å². The Morgan fingerprint density at radius 2 is 2.19 bits per heavy atom. The highest BCUT2D eigenvalue weighted by Gasteiger charge is 2.12. The summed E-state index contributed by atoms with van der Waals surface area (Å²) in [5.74, 6) is 0.0917. The minimum absolute atomic E-state index is 0.0917. The van der Waals surface area contributed by atoms with E-state index in [-0.39, 0.29) is 5.91 Å². The molecule has 0 radical (unpaired) electrons. The maximum atomic E-state index is 12.0. The van der Waals surface area contributed by atoms with E-state index in [1.54, 1.807) is 7.11 Å². The first-order chi connectivity index (χ1) is 10.3. The van der Waals surface area contributed by atoms with Crippen LogP contribution in [-0.4, -0.2) is 50.6 Å². The van der Waals surface area contributed by atoms with Crippen LogP contribution in [0.5, 0.6) is 0 Å². The lowest BCUT2D eigenvalue weighted by Gasteiger charge is -2.18. The van der Waals surface area contributed by atoms with Crippen LogP contribution in [0, 0.1) is 0 Å². The molecule has 0 aromatic heterocycles. The number of benzene rings is 1. The van der Waals surface area contributed by atoms with Crippen molar-refractivity contribution in [3.8, 4) is 0 Å². The van der Waals surface area contributed by atoms with Crippen LogP contribution >= 0.6 is 0 Å². The van der Waals surface area contributed by atoms with Gasteiger partial charge in [-0.05, 0) is 30.6 Å². The average Bonchev–Trinajstić information content (AvgIpc) is 2.75. The molecular formula is C16H25N3O2. The first-order valence-corrected chi connectivity index (χ1v) is 7.54. The summed E-state index contributed by atoms with van der Waals surface area (Å²) in [6.45, 7) is 5.60. The van der Waals surface area contributed by atoms with Crippen LogP contribution in [0.25, 0.3) is 0 Å². The van der Waals surface area contributed by atoms with Crippen molar-refractivity contribution in [2.24, 2.45) is 0 Å². The van der Waals surface area contributed by atoms with Crippen LogP contribution in [0.4, 0.5) is 0 Å². The molecule has 1 fully saturated rings. The number of ether oxygens (including phenoxy) is 1. The fraction of sp³-hybridized carbons (Fsp3) is 0.562. The van der Waals surface area contributed by atoms with Gasteiger partial charge in [0.1, 0.15) is 0 Å². The second-order valence-corrected chi connectivity index (χ2v) is 5.41. The SMILES string of the molecule is COCc1cccc(CNC(=O)CN2CCCNCC2)c1. The van der Waals surface area contributed by atoms with Crippen molar-refractivity contribution in [3.63, 3.8) is 0 Å². The van der Waals surface area contributed by atoms with Crippen LogP contribution in [0.1, 0.15) is 17.5 Å². The largest absolute Gasteiger partial charge is 0.380 e. The highest BCUT2D eigenvalue weighted by atomic mass is 16.5. The van der Waals surface area contributed by atoms with Gasteiger partial charge in [-0.3, -0.25) is 9.69 Å². The number of hydrogen-bond acceptors (Lipinski definition) is 4. The zero-order valence-corrected chi connectivity index (χ0v) is 12.7. The Morgan fingerprint density at radius 1 is 1.33 bits per heavy atom. The lowest BCUT2D eigenvalue weighted by molar-refractivity contribution is -0.122. The third-order valence-corrected chi connectivity index (χ3v) is 3.59. The van der Waals surface area contributed by atoms with Gasteiger partial charge >= 0.3 is 0 Å². The molecule has 1 aliphatic rings. The van der Waals surface area contributed by atoms with E-state index in [0.717, 1.165) is 43.7 Å². The third kappa shape index (κ3) is 5.83. The maximum Gasteiger partial charge on any atom is 0.234 e. The van der Waals surface area contributed by atoms with Gasteiger partial charge in [-0.2, -0.15) is 0 Å². The zero-order chi connectivity index (χ0) is 14.9. The molecule has 0 aliphatic carbocycles. The normalized spacial score (nSPS) is 16.4. The first kappa shape index (κ1) is 15.9. The molecule has 0 bridgehead atoms. The van der Waals surface area contributed by atoms with Crippen molar-refractivity contribution >= 4 is 5.91 Å². The fourth-order valence-electron chi connectivity index (χ4n) is 2.52. The standard InChI is InChI=1S/C16H25N3O2/c1-21-13-15-5-2-4-14(10-15)11-18-16(20)12-19-8-3-6-17-7-9-19/h2,4-5,10,17H,3,6-9,11-13H2,1H3,(H,18,20). The highest BCUT2D eigenvalue weighted by Crippen LogP contribution is 2.06. The van der Waals surface area contributed by atoms with E-state index in [9.17, 15) is 4.79 Å². The smallest absolute Gasteiger partial charge is 0.234 e. The summed E-state index contributed by atoms with van der Waals surface area (Å²) >= 11 is 0. The van der Waals surface area contributed by atoms with Gasteiger partial charge in [0.05, 0.1) is 13.2 Å². The Hall–Kier alpha value is -1.43. The summed E-state index contributed by atoms with van der Waals surface area (Å²) in [5, 5.41) is 6.34. The van der Waals surface area contributed by atoms with Gasteiger partial charge in [0, 0.05) is 26.7 Å². The minimum Gasteiger partial charge on any atom is -0.380 e. The number of nitrogens with zero attached hydrogens (tertiary/aromatic N) is 1. The molecule has 5 nitrogen and oxygen atoms in total. The van der Waals surface area contributed by atoms with E-state index in [2.05, 4.69) is 21.6 Å². The van der Waals surface area contributed by atoms with Crippen molar-refractivity contribution in [1.82, 2.24) is 15.5 Å². The van der Waals surface area contributed by atoms with Crippen molar-refractivity contribution in [2.45, 2.75) is 19.6 Å². The third-order valence-electron chi connectivity index (χ3n) is 3.59. The van der Waals surface area contributed by atoms with Gasteiger partial charge in [0.15, 0.2) is 0 Å². The molecular weight excluding hydrogens is 266 g/mol. The number of carbonyl (C=O) groups excluding carboxylic acids is 1. The minimum atomic E-state index is 0.0917. The molecule has 1 saturated heterocycles. The Balaban J connectivity index is 1.76. The molecule has 2 N–H and O–H groups in total. The summed E-state index contributed by atoms with van der Waals surface area (Å²) in [5.41, 5.74) is 2.23. The molecule has 0 atom stereocenters. The van der Waals surface area contributed by atoms with Crippen LogP contribution in [0.3, 0.4) is 0 Å². The predicted octanol–water partition coefficient (Wildman–Crippen LogP) is 0.745. The molecule has 1 aromatic rings. The van der Waals surface area contributed by atoms with Gasteiger partial charge in [-0.15, -0.1) is 0 Å². The van der Waals surface area contributed by atoms with Crippen molar-refractivity contribution < 1.29 is 9.53 Å². The van der Waals surface area contributed by atoms with Gasteiger partial charge in [0.2, 0.25) is 5.91 Å². The predicted molar refractivity (Wildman–Crippen MR) is 82.9 cm³/mol. The van der Waals surface area contributed by atoms with E-state index in [0.29, 0.717) is 19.7 Å². The molecule has 1 aromatic carbocycles. The zero-order valence-electron chi connectivity index (χ0n) is 12.7. The van der Waals surface area contributed by atoms with Crippen molar-refractivity contribution in [2.75, 3.05) is 39.8 Å². The molecule has 0 unspecified atom stereocenters. The van der Waals surface area contributed by atoms with Crippen LogP contribution < -0.4 is 10.6 Å². The summed E-state index contributed by atoms with van der Waals surface area (Å²) in [7, 11) is 1.69. The average molecular weight is 291 g/mol. The highest BCUT2D eigenvalue weighted by molar-refractivity contribution is 5.78. The van der Waals surface area contributed by atoms with Crippen molar-refractivity contribution in [3.05, 3.63) is 35.4 Å². The summed E-state index contributed by atoms with van der Waals surface area (Å²) in [4.78, 5) is 14.2. The van der Waals surface area contributed by atoms with Gasteiger partial charge in [-0.1, -0.05) is 24.3 Å². The topological polar surface area (TPSA) is 53.6 Å². The summed E-state index contributed by atoms with van der Waals surface area (Å²) in [6.07, 6.45) is 1.10. The molecule has 116 valence electrons. The van der Waals surface area contributed by atoms with Crippen LogP contribution in [0.2, 0.25) is 0 Å². The fourth-order valence-corrected chi connectivity index (χ4v) is 2.52. The molecule has 1 amide bonds. The van der Waals surface area contributed by atoms with E-state index in [4.69, 9.17) is 4.74 Å². The number of amides is 1. The van der Waals surface area contributed by atoms with E-state index < -0.39 is 0 Å². The van der Waals surface area contributed by atoms with Crippen molar-refractivity contribution in [1.29, 1.82) is 0 Å². The summed E-state index contributed by atoms with van der Waals surface area (Å²) in [6, 6.07) is 8.12. The Labute approximate surface area is 126 Å². The Bertz CT molecular complexity index is 443. The van der Waals surface area contributed by atoms with Gasteiger partial charge in [-0.25, -0.2) is 0 Å². The Kier molecular flexibility index (Phi) is 6.66.